The number of halogens is 2. The van der Waals surface area contributed by atoms with Gasteiger partial charge in [0.05, 0.1) is 11.7 Å². The summed E-state index contributed by atoms with van der Waals surface area (Å²) in [6.07, 6.45) is 10.9. The molecule has 1 unspecified atom stereocenters. The molecule has 216 valence electrons. The van der Waals surface area contributed by atoms with Crippen LogP contribution in [0.25, 0.3) is 22.3 Å². The van der Waals surface area contributed by atoms with E-state index in [9.17, 15) is 4.39 Å². The molecule has 1 saturated heterocycles. The van der Waals surface area contributed by atoms with Gasteiger partial charge in [0.25, 0.3) is 0 Å². The summed E-state index contributed by atoms with van der Waals surface area (Å²) in [7, 11) is 0. The predicted octanol–water partition coefficient (Wildman–Crippen LogP) is 7.46. The van der Waals surface area contributed by atoms with Gasteiger partial charge in [-0.3, -0.25) is 0 Å². The maximum absolute atomic E-state index is 15.0. The Bertz CT molecular complexity index is 1530. The summed E-state index contributed by atoms with van der Waals surface area (Å²) in [6, 6.07) is 7.12. The van der Waals surface area contributed by atoms with Gasteiger partial charge in [-0.25, -0.2) is 28.7 Å². The van der Waals surface area contributed by atoms with Crippen molar-refractivity contribution in [3.63, 3.8) is 0 Å². The van der Waals surface area contributed by atoms with Gasteiger partial charge in [-0.05, 0) is 113 Å². The third-order valence-corrected chi connectivity index (χ3v) is 9.47. The van der Waals surface area contributed by atoms with Crippen LogP contribution < -0.4 is 10.6 Å². The van der Waals surface area contributed by atoms with Gasteiger partial charge < -0.3 is 15.2 Å². The van der Waals surface area contributed by atoms with Crippen molar-refractivity contribution in [3.05, 3.63) is 59.7 Å². The van der Waals surface area contributed by atoms with Crippen LogP contribution in [0.2, 0.25) is 0 Å². The highest BCUT2D eigenvalue weighted by Gasteiger charge is 2.37. The molecule has 2 N–H and O–H groups in total. The topological polar surface area (TPSA) is 80.6 Å². The Labute approximate surface area is 240 Å². The Balaban J connectivity index is 1.18. The Hall–Kier alpha value is -3.46. The van der Waals surface area contributed by atoms with Crippen molar-refractivity contribution in [2.24, 2.45) is 11.3 Å². The van der Waals surface area contributed by atoms with Crippen molar-refractivity contribution in [2.75, 3.05) is 18.4 Å². The minimum absolute atomic E-state index is 0.0199. The number of aromatic nitrogens is 5. The molecule has 2 aliphatic rings. The molecule has 0 radical (unpaired) electrons. The van der Waals surface area contributed by atoms with Gasteiger partial charge in [0, 0.05) is 17.8 Å². The molecule has 1 spiro atoms. The smallest absolute Gasteiger partial charge is 0.229 e. The van der Waals surface area contributed by atoms with Crippen LogP contribution in [0, 0.1) is 29.9 Å². The summed E-state index contributed by atoms with van der Waals surface area (Å²) >= 11 is 0. The Kier molecular flexibility index (Phi) is 7.49. The van der Waals surface area contributed by atoms with Crippen LogP contribution in [0.5, 0.6) is 0 Å². The van der Waals surface area contributed by atoms with E-state index in [1.807, 2.05) is 37.6 Å². The molecule has 0 bridgehead atoms. The fraction of sp³-hybridized carbons (Fsp3) is 0.500. The molecule has 0 amide bonds. The molecular formula is C32H39F2N7. The van der Waals surface area contributed by atoms with E-state index >= 15 is 4.39 Å². The Morgan fingerprint density at radius 2 is 1.71 bits per heavy atom. The zero-order valence-corrected chi connectivity index (χ0v) is 24.3. The van der Waals surface area contributed by atoms with Crippen LogP contribution in [0.15, 0.2) is 36.7 Å². The van der Waals surface area contributed by atoms with Gasteiger partial charge in [0.2, 0.25) is 5.95 Å². The fourth-order valence-electron chi connectivity index (χ4n) is 7.03. The third kappa shape index (κ3) is 5.44. The molecule has 9 heteroatoms. The Morgan fingerprint density at radius 3 is 2.39 bits per heavy atom. The SMILES string of the molecule is Cc1nc2c(F)cc(-c3nc(Nc4ccc(C(C)C5CCC6(CCNCC6)CC5)cn4)ncc3F)cc2n1C(C)C. The van der Waals surface area contributed by atoms with Gasteiger partial charge in [-0.15, -0.1) is 0 Å². The number of fused-ring (bicyclic) bond motifs is 1. The quantitative estimate of drug-likeness (QED) is 0.255. The number of aryl methyl sites for hydroxylation is 1. The molecule has 41 heavy (non-hydrogen) atoms. The number of imidazole rings is 1. The van der Waals surface area contributed by atoms with Gasteiger partial charge in [0.15, 0.2) is 11.6 Å². The van der Waals surface area contributed by atoms with E-state index < -0.39 is 11.6 Å². The lowest BCUT2D eigenvalue weighted by Gasteiger charge is -2.44. The molecule has 2 fully saturated rings. The number of hydrogen-bond acceptors (Lipinski definition) is 6. The van der Waals surface area contributed by atoms with Crippen molar-refractivity contribution in [1.29, 1.82) is 0 Å². The summed E-state index contributed by atoms with van der Waals surface area (Å²) in [5, 5.41) is 6.60. The van der Waals surface area contributed by atoms with E-state index in [-0.39, 0.29) is 23.2 Å². The molecule has 1 aromatic carbocycles. The number of anilines is 2. The van der Waals surface area contributed by atoms with Crippen LogP contribution in [-0.4, -0.2) is 37.6 Å². The summed E-state index contributed by atoms with van der Waals surface area (Å²) in [5.74, 6) is 1.45. The predicted molar refractivity (Wildman–Crippen MR) is 158 cm³/mol. The van der Waals surface area contributed by atoms with Crippen LogP contribution in [0.4, 0.5) is 20.5 Å². The van der Waals surface area contributed by atoms with E-state index in [1.165, 1.54) is 50.2 Å². The van der Waals surface area contributed by atoms with E-state index in [0.29, 0.717) is 40.0 Å². The van der Waals surface area contributed by atoms with E-state index in [2.05, 4.69) is 43.6 Å². The highest BCUT2D eigenvalue weighted by Crippen LogP contribution is 2.48. The minimum Gasteiger partial charge on any atom is -0.326 e. The fourth-order valence-corrected chi connectivity index (χ4v) is 7.03. The van der Waals surface area contributed by atoms with Crippen LogP contribution in [0.3, 0.4) is 0 Å². The lowest BCUT2D eigenvalue weighted by atomic mass is 9.63. The first kappa shape index (κ1) is 27.7. The van der Waals surface area contributed by atoms with Gasteiger partial charge in [-0.2, -0.15) is 0 Å². The standard InChI is InChI=1S/C32H39F2N7/c1-19(2)41-21(4)38-30-25(33)15-24(16-27(30)41)29-26(34)18-37-31(40-29)39-28-6-5-23(17-36-28)20(3)22-7-9-32(10-8-22)11-13-35-14-12-32/h5-6,15-20,22,35H,7-14H2,1-4H3,(H,36,37,39,40). The van der Waals surface area contributed by atoms with Crippen LogP contribution >= 0.6 is 0 Å². The van der Waals surface area contributed by atoms with Crippen LogP contribution in [0.1, 0.15) is 82.6 Å². The minimum atomic E-state index is -0.627. The highest BCUT2D eigenvalue weighted by molar-refractivity contribution is 5.83. The lowest BCUT2D eigenvalue weighted by molar-refractivity contribution is 0.0979. The molecule has 7 nitrogen and oxygen atoms in total. The van der Waals surface area contributed by atoms with Crippen molar-refractivity contribution < 1.29 is 8.78 Å². The number of hydrogen-bond donors (Lipinski definition) is 2. The number of piperidine rings is 1. The molecule has 4 heterocycles. The van der Waals surface area contributed by atoms with Gasteiger partial charge in [-0.1, -0.05) is 13.0 Å². The molecule has 1 aliphatic carbocycles. The molecule has 1 saturated carbocycles. The zero-order chi connectivity index (χ0) is 28.7. The molecular weight excluding hydrogens is 520 g/mol. The second kappa shape index (κ2) is 11.1. The number of nitrogens with zero attached hydrogens (tertiary/aromatic N) is 5. The lowest BCUT2D eigenvalue weighted by Crippen LogP contribution is -2.39. The second-order valence-corrected chi connectivity index (χ2v) is 12.3. The molecule has 4 aromatic rings. The second-order valence-electron chi connectivity index (χ2n) is 12.3. The number of benzene rings is 1. The first-order chi connectivity index (χ1) is 19.7. The average Bonchev–Trinajstić information content (AvgIpc) is 3.31. The molecule has 1 aliphatic heterocycles. The van der Waals surface area contributed by atoms with Crippen molar-refractivity contribution in [3.8, 4) is 11.3 Å². The van der Waals surface area contributed by atoms with E-state index in [1.54, 1.807) is 6.07 Å². The summed E-state index contributed by atoms with van der Waals surface area (Å²) in [6.45, 7) is 10.5. The number of rotatable bonds is 6. The maximum Gasteiger partial charge on any atom is 0.229 e. The van der Waals surface area contributed by atoms with Gasteiger partial charge in [0.1, 0.15) is 22.9 Å². The molecule has 1 atom stereocenters. The number of nitrogens with one attached hydrogen (secondary N) is 2. The molecule has 6 rings (SSSR count). The normalized spacial score (nSPS) is 18.3. The Morgan fingerprint density at radius 1 is 0.951 bits per heavy atom. The van der Waals surface area contributed by atoms with Gasteiger partial charge >= 0.3 is 0 Å². The maximum atomic E-state index is 15.0. The third-order valence-electron chi connectivity index (χ3n) is 9.47. The number of pyridine rings is 1. The van der Waals surface area contributed by atoms with Crippen molar-refractivity contribution >= 4 is 22.8 Å². The first-order valence-electron chi connectivity index (χ1n) is 14.9. The monoisotopic (exact) mass is 559 g/mol. The average molecular weight is 560 g/mol. The molecule has 3 aromatic heterocycles. The van der Waals surface area contributed by atoms with E-state index in [0.717, 1.165) is 19.3 Å². The summed E-state index contributed by atoms with van der Waals surface area (Å²) < 4.78 is 31.9. The summed E-state index contributed by atoms with van der Waals surface area (Å²) in [4.78, 5) is 17.5. The largest absolute Gasteiger partial charge is 0.326 e. The van der Waals surface area contributed by atoms with E-state index in [4.69, 9.17) is 0 Å². The highest BCUT2D eigenvalue weighted by atomic mass is 19.1. The van der Waals surface area contributed by atoms with Crippen molar-refractivity contribution in [2.45, 2.75) is 78.2 Å². The van der Waals surface area contributed by atoms with Crippen molar-refractivity contribution in [1.82, 2.24) is 29.8 Å². The summed E-state index contributed by atoms with van der Waals surface area (Å²) in [5.41, 5.74) is 3.01. The first-order valence-corrected chi connectivity index (χ1v) is 14.9. The zero-order valence-electron chi connectivity index (χ0n) is 24.3. The van der Waals surface area contributed by atoms with Crippen LogP contribution in [-0.2, 0) is 0 Å².